The molecule has 25 heavy (non-hydrogen) atoms. The zero-order valence-corrected chi connectivity index (χ0v) is 15.2. The van der Waals surface area contributed by atoms with Crippen molar-refractivity contribution in [3.63, 3.8) is 0 Å². The van der Waals surface area contributed by atoms with Crippen molar-refractivity contribution in [1.82, 2.24) is 10.6 Å². The Labute approximate surface area is 151 Å². The Morgan fingerprint density at radius 1 is 1.16 bits per heavy atom. The molecule has 0 saturated heterocycles. The van der Waals surface area contributed by atoms with E-state index in [9.17, 15) is 14.4 Å². The van der Waals surface area contributed by atoms with E-state index in [1.165, 1.54) is 18.7 Å². The average Bonchev–Trinajstić information content (AvgIpc) is 2.58. The molecule has 3 unspecified atom stereocenters. The lowest BCUT2D eigenvalue weighted by Crippen LogP contribution is -2.53. The number of aliphatic carboxylic acids is 1. The minimum absolute atomic E-state index is 0.316. The second kappa shape index (κ2) is 10.7. The first-order valence-corrected chi connectivity index (χ1v) is 9.36. The fourth-order valence-corrected chi connectivity index (χ4v) is 2.61. The lowest BCUT2D eigenvalue weighted by Gasteiger charge is -2.20. The summed E-state index contributed by atoms with van der Waals surface area (Å²) in [5.41, 5.74) is 6.79. The maximum Gasteiger partial charge on any atom is 0.326 e. The molecule has 0 fully saturated rings. The van der Waals surface area contributed by atoms with Crippen LogP contribution in [0, 0.1) is 0 Å². The Morgan fingerprint density at radius 3 is 2.36 bits per heavy atom. The van der Waals surface area contributed by atoms with Gasteiger partial charge in [-0.2, -0.15) is 11.8 Å². The molecule has 0 aliphatic rings. The lowest BCUT2D eigenvalue weighted by molar-refractivity contribution is -0.142. The molecule has 0 aliphatic carbocycles. The zero-order chi connectivity index (χ0) is 18.8. The molecule has 5 N–H and O–H groups in total. The molecule has 0 aliphatic heterocycles. The molecular formula is C17H25N3O4S. The number of thioether (sulfide) groups is 1. The van der Waals surface area contributed by atoms with Crippen molar-refractivity contribution >= 4 is 29.5 Å². The Morgan fingerprint density at radius 2 is 1.80 bits per heavy atom. The fourth-order valence-electron chi connectivity index (χ4n) is 2.14. The second-order valence-electron chi connectivity index (χ2n) is 5.71. The summed E-state index contributed by atoms with van der Waals surface area (Å²) in [7, 11) is 0. The summed E-state index contributed by atoms with van der Waals surface area (Å²) in [4.78, 5) is 35.4. The van der Waals surface area contributed by atoms with E-state index < -0.39 is 35.9 Å². The predicted molar refractivity (Wildman–Crippen MR) is 98.3 cm³/mol. The van der Waals surface area contributed by atoms with E-state index in [1.807, 2.05) is 36.6 Å². The highest BCUT2D eigenvalue weighted by atomic mass is 32.2. The molecule has 0 heterocycles. The van der Waals surface area contributed by atoms with Gasteiger partial charge in [0.2, 0.25) is 11.8 Å². The first-order valence-electron chi connectivity index (χ1n) is 7.97. The van der Waals surface area contributed by atoms with Gasteiger partial charge in [-0.1, -0.05) is 30.3 Å². The van der Waals surface area contributed by atoms with Gasteiger partial charge in [-0.15, -0.1) is 0 Å². The van der Waals surface area contributed by atoms with Gasteiger partial charge in [0.1, 0.15) is 12.1 Å². The van der Waals surface area contributed by atoms with Gasteiger partial charge >= 0.3 is 5.97 Å². The van der Waals surface area contributed by atoms with E-state index in [4.69, 9.17) is 10.8 Å². The topological polar surface area (TPSA) is 122 Å². The standard InChI is InChI=1S/C17H25N3O4S/c1-11(15(21)20-14(17(23)24)8-9-25-2)19-16(22)13(18)10-12-6-4-3-5-7-12/h3-7,11,13-14H,8-10,18H2,1-2H3,(H,19,22)(H,20,21)(H,23,24). The summed E-state index contributed by atoms with van der Waals surface area (Å²) in [6.07, 6.45) is 2.53. The fraction of sp³-hybridized carbons (Fsp3) is 0.471. The van der Waals surface area contributed by atoms with Crippen LogP contribution in [0.4, 0.5) is 0 Å². The van der Waals surface area contributed by atoms with Crippen LogP contribution in [0.2, 0.25) is 0 Å². The lowest BCUT2D eigenvalue weighted by atomic mass is 10.1. The van der Waals surface area contributed by atoms with E-state index in [-0.39, 0.29) is 0 Å². The number of hydrogen-bond donors (Lipinski definition) is 4. The quantitative estimate of drug-likeness (QED) is 0.474. The van der Waals surface area contributed by atoms with Crippen molar-refractivity contribution in [3.8, 4) is 0 Å². The molecular weight excluding hydrogens is 342 g/mol. The van der Waals surface area contributed by atoms with Crippen molar-refractivity contribution < 1.29 is 19.5 Å². The number of nitrogens with one attached hydrogen (secondary N) is 2. The van der Waals surface area contributed by atoms with Crippen LogP contribution >= 0.6 is 11.8 Å². The molecule has 1 aromatic rings. The van der Waals surface area contributed by atoms with Crippen LogP contribution in [0.5, 0.6) is 0 Å². The molecule has 8 heteroatoms. The molecule has 3 atom stereocenters. The largest absolute Gasteiger partial charge is 0.480 e. The first kappa shape index (κ1) is 21.0. The van der Waals surface area contributed by atoms with Crippen LogP contribution in [0.15, 0.2) is 30.3 Å². The molecule has 1 aromatic carbocycles. The van der Waals surface area contributed by atoms with Crippen molar-refractivity contribution in [3.05, 3.63) is 35.9 Å². The molecule has 0 saturated carbocycles. The number of hydrogen-bond acceptors (Lipinski definition) is 5. The van der Waals surface area contributed by atoms with Crippen LogP contribution in [-0.2, 0) is 20.8 Å². The van der Waals surface area contributed by atoms with Gasteiger partial charge in [0, 0.05) is 0 Å². The van der Waals surface area contributed by atoms with Gasteiger partial charge in [-0.3, -0.25) is 9.59 Å². The highest BCUT2D eigenvalue weighted by Crippen LogP contribution is 2.03. The first-order chi connectivity index (χ1) is 11.8. The molecule has 0 aromatic heterocycles. The van der Waals surface area contributed by atoms with Crippen LogP contribution in [0.3, 0.4) is 0 Å². The molecule has 2 amide bonds. The summed E-state index contributed by atoms with van der Waals surface area (Å²) in [5, 5.41) is 14.1. The zero-order valence-electron chi connectivity index (χ0n) is 14.4. The Balaban J connectivity index is 2.52. The number of carboxylic acids is 1. The summed E-state index contributed by atoms with van der Waals surface area (Å²) in [5.74, 6) is -1.49. The number of carbonyl (C=O) groups excluding carboxylic acids is 2. The molecule has 0 spiro atoms. The molecule has 138 valence electrons. The summed E-state index contributed by atoms with van der Waals surface area (Å²) >= 11 is 1.50. The van der Waals surface area contributed by atoms with Crippen LogP contribution in [-0.4, -0.2) is 53.0 Å². The van der Waals surface area contributed by atoms with Crippen LogP contribution in [0.1, 0.15) is 18.9 Å². The maximum atomic E-state index is 12.1. The number of nitrogens with two attached hydrogens (primary N) is 1. The summed E-state index contributed by atoms with van der Waals surface area (Å²) < 4.78 is 0. The van der Waals surface area contributed by atoms with E-state index in [0.717, 1.165) is 5.56 Å². The summed E-state index contributed by atoms with van der Waals surface area (Å²) in [6, 6.07) is 6.69. The molecule has 0 radical (unpaired) electrons. The maximum absolute atomic E-state index is 12.1. The molecule has 0 bridgehead atoms. The second-order valence-corrected chi connectivity index (χ2v) is 6.69. The van der Waals surface area contributed by atoms with Crippen molar-refractivity contribution in [2.24, 2.45) is 5.73 Å². The van der Waals surface area contributed by atoms with E-state index in [1.54, 1.807) is 0 Å². The van der Waals surface area contributed by atoms with Crippen molar-refractivity contribution in [2.75, 3.05) is 12.0 Å². The third-order valence-corrected chi connectivity index (χ3v) is 4.26. The number of carbonyl (C=O) groups is 3. The van der Waals surface area contributed by atoms with Crippen LogP contribution in [0.25, 0.3) is 0 Å². The molecule has 7 nitrogen and oxygen atoms in total. The average molecular weight is 367 g/mol. The highest BCUT2D eigenvalue weighted by Gasteiger charge is 2.25. The Bertz CT molecular complexity index is 583. The summed E-state index contributed by atoms with van der Waals surface area (Å²) in [6.45, 7) is 1.50. The van der Waals surface area contributed by atoms with Gasteiger partial charge in [-0.05, 0) is 37.3 Å². The number of benzene rings is 1. The van der Waals surface area contributed by atoms with Crippen molar-refractivity contribution in [1.29, 1.82) is 0 Å². The van der Waals surface area contributed by atoms with Gasteiger partial charge in [-0.25, -0.2) is 4.79 Å². The third-order valence-electron chi connectivity index (χ3n) is 3.61. The van der Waals surface area contributed by atoms with E-state index in [0.29, 0.717) is 18.6 Å². The predicted octanol–water partition coefficient (Wildman–Crippen LogP) is 0.384. The number of amides is 2. The van der Waals surface area contributed by atoms with Gasteiger partial charge in [0.25, 0.3) is 0 Å². The Hall–Kier alpha value is -2.06. The van der Waals surface area contributed by atoms with Gasteiger partial charge < -0.3 is 21.5 Å². The number of carboxylic acid groups (broad SMARTS) is 1. The molecule has 1 rings (SSSR count). The Kier molecular flexibility index (Phi) is 9.01. The monoisotopic (exact) mass is 367 g/mol. The van der Waals surface area contributed by atoms with E-state index >= 15 is 0 Å². The SMILES string of the molecule is CSCCC(NC(=O)C(C)NC(=O)C(N)Cc1ccccc1)C(=O)O. The third kappa shape index (κ3) is 7.57. The van der Waals surface area contributed by atoms with Gasteiger partial charge in [0.05, 0.1) is 6.04 Å². The number of rotatable bonds is 10. The van der Waals surface area contributed by atoms with Crippen LogP contribution < -0.4 is 16.4 Å². The smallest absolute Gasteiger partial charge is 0.326 e. The van der Waals surface area contributed by atoms with Gasteiger partial charge in [0.15, 0.2) is 0 Å². The van der Waals surface area contributed by atoms with Crippen molar-refractivity contribution in [2.45, 2.75) is 37.9 Å². The normalized spacial score (nSPS) is 14.2. The van der Waals surface area contributed by atoms with E-state index in [2.05, 4.69) is 10.6 Å². The highest BCUT2D eigenvalue weighted by molar-refractivity contribution is 7.98. The minimum Gasteiger partial charge on any atom is -0.480 e. The minimum atomic E-state index is -1.10.